The minimum atomic E-state index is 0.0753. The molecule has 1 unspecified atom stereocenters. The van der Waals surface area contributed by atoms with E-state index in [-0.39, 0.29) is 5.91 Å². The van der Waals surface area contributed by atoms with Crippen molar-refractivity contribution in [1.82, 2.24) is 14.8 Å². The van der Waals surface area contributed by atoms with Crippen molar-refractivity contribution in [2.75, 3.05) is 68.3 Å². The van der Waals surface area contributed by atoms with Crippen LogP contribution in [-0.2, 0) is 4.79 Å². The maximum Gasteiger partial charge on any atom is 0.238 e. The molecular formula is C26H35N5OS. The second-order valence-electron chi connectivity index (χ2n) is 8.86. The molecule has 1 N–H and O–H groups in total. The van der Waals surface area contributed by atoms with Gasteiger partial charge in [0.2, 0.25) is 5.91 Å². The molecule has 7 heteroatoms. The highest BCUT2D eigenvalue weighted by atomic mass is 32.2. The van der Waals surface area contributed by atoms with Gasteiger partial charge < -0.3 is 10.2 Å². The number of amides is 1. The number of anilines is 2. The Hall–Kier alpha value is -2.35. The van der Waals surface area contributed by atoms with Gasteiger partial charge in [0.25, 0.3) is 0 Å². The fraction of sp³-hybridized carbons (Fsp3) is 0.462. The van der Waals surface area contributed by atoms with E-state index in [1.54, 1.807) is 11.8 Å². The van der Waals surface area contributed by atoms with Gasteiger partial charge in [-0.1, -0.05) is 24.3 Å². The quantitative estimate of drug-likeness (QED) is 0.449. The van der Waals surface area contributed by atoms with Gasteiger partial charge in [0.05, 0.1) is 12.2 Å². The summed E-state index contributed by atoms with van der Waals surface area (Å²) in [6.07, 6.45) is 6.17. The summed E-state index contributed by atoms with van der Waals surface area (Å²) in [7, 11) is 0. The van der Waals surface area contributed by atoms with Crippen molar-refractivity contribution in [2.45, 2.75) is 17.7 Å². The fourth-order valence-electron chi connectivity index (χ4n) is 4.75. The van der Waals surface area contributed by atoms with E-state index in [2.05, 4.69) is 43.7 Å². The number of piperidine rings is 1. The molecule has 0 radical (unpaired) electrons. The zero-order valence-corrected chi connectivity index (χ0v) is 20.2. The Morgan fingerprint density at radius 2 is 1.91 bits per heavy atom. The van der Waals surface area contributed by atoms with Gasteiger partial charge in [0.1, 0.15) is 5.82 Å². The summed E-state index contributed by atoms with van der Waals surface area (Å²) in [6, 6.07) is 14.1. The highest BCUT2D eigenvalue weighted by molar-refractivity contribution is 7.99. The molecule has 0 aliphatic carbocycles. The number of hydrogen-bond donors (Lipinski definition) is 1. The Morgan fingerprint density at radius 3 is 2.70 bits per heavy atom. The van der Waals surface area contributed by atoms with Gasteiger partial charge in [-0.2, -0.15) is 0 Å². The molecule has 2 aliphatic heterocycles. The van der Waals surface area contributed by atoms with E-state index >= 15 is 0 Å². The predicted octanol–water partition coefficient (Wildman–Crippen LogP) is 3.83. The smallest absolute Gasteiger partial charge is 0.238 e. The predicted molar refractivity (Wildman–Crippen MR) is 138 cm³/mol. The van der Waals surface area contributed by atoms with Crippen LogP contribution in [0.1, 0.15) is 12.8 Å². The van der Waals surface area contributed by atoms with Crippen LogP contribution in [0.25, 0.3) is 0 Å². The third kappa shape index (κ3) is 7.06. The van der Waals surface area contributed by atoms with Gasteiger partial charge in [-0.05, 0) is 49.6 Å². The van der Waals surface area contributed by atoms with E-state index in [0.29, 0.717) is 12.5 Å². The molecule has 2 fully saturated rings. The first-order valence-corrected chi connectivity index (χ1v) is 12.9. The average molecular weight is 466 g/mol. The molecule has 1 aromatic carbocycles. The zero-order valence-electron chi connectivity index (χ0n) is 19.4. The summed E-state index contributed by atoms with van der Waals surface area (Å²) in [4.78, 5) is 25.6. The molecule has 2 aromatic rings. The first kappa shape index (κ1) is 23.8. The minimum Gasteiger partial charge on any atom is -0.354 e. The number of benzene rings is 1. The van der Waals surface area contributed by atoms with Crippen LogP contribution in [-0.4, -0.2) is 78.8 Å². The number of likely N-dealkylation sites (tertiary alicyclic amines) is 1. The van der Waals surface area contributed by atoms with Gasteiger partial charge in [-0.15, -0.1) is 18.3 Å². The van der Waals surface area contributed by atoms with E-state index in [1.165, 1.54) is 6.42 Å². The largest absolute Gasteiger partial charge is 0.354 e. The molecule has 3 heterocycles. The number of carbonyl (C=O) groups is 1. The van der Waals surface area contributed by atoms with Gasteiger partial charge in [-0.25, -0.2) is 4.98 Å². The standard InChI is InChI=1S/C26H35N5OS/c1-2-18-33-24-10-4-3-9-23(24)28-26(32)21-30-13-7-8-22(20-30)19-29-14-16-31(17-15-29)25-11-5-6-12-27-25/h2-6,9-12,22H,1,7-8,13-21H2,(H,28,32). The Balaban J connectivity index is 1.22. The molecule has 33 heavy (non-hydrogen) atoms. The van der Waals surface area contributed by atoms with Crippen molar-refractivity contribution < 1.29 is 4.79 Å². The highest BCUT2D eigenvalue weighted by Gasteiger charge is 2.25. The summed E-state index contributed by atoms with van der Waals surface area (Å²) >= 11 is 1.69. The molecule has 4 rings (SSSR count). The van der Waals surface area contributed by atoms with Crippen molar-refractivity contribution in [3.05, 3.63) is 61.3 Å². The monoisotopic (exact) mass is 465 g/mol. The number of nitrogens with zero attached hydrogens (tertiary/aromatic N) is 4. The van der Waals surface area contributed by atoms with E-state index in [9.17, 15) is 4.79 Å². The Kier molecular flexibility index (Phi) is 8.80. The van der Waals surface area contributed by atoms with Crippen LogP contribution in [0, 0.1) is 5.92 Å². The Labute approximate surface area is 202 Å². The maximum atomic E-state index is 12.8. The lowest BCUT2D eigenvalue weighted by molar-refractivity contribution is -0.117. The van der Waals surface area contributed by atoms with E-state index < -0.39 is 0 Å². The molecule has 0 spiro atoms. The number of carbonyl (C=O) groups excluding carboxylic acids is 1. The number of piperazine rings is 1. The highest BCUT2D eigenvalue weighted by Crippen LogP contribution is 2.27. The van der Waals surface area contributed by atoms with E-state index in [1.807, 2.05) is 42.6 Å². The SMILES string of the molecule is C=CCSc1ccccc1NC(=O)CN1CCCC(CN2CCN(c3ccccn3)CC2)C1. The molecule has 1 aromatic heterocycles. The lowest BCUT2D eigenvalue weighted by Gasteiger charge is -2.39. The van der Waals surface area contributed by atoms with Gasteiger partial charge in [-0.3, -0.25) is 14.6 Å². The topological polar surface area (TPSA) is 51.7 Å². The van der Waals surface area contributed by atoms with Crippen molar-refractivity contribution >= 4 is 29.2 Å². The van der Waals surface area contributed by atoms with Gasteiger partial charge in [0.15, 0.2) is 0 Å². The molecular weight excluding hydrogens is 430 g/mol. The first-order chi connectivity index (χ1) is 16.2. The van der Waals surface area contributed by atoms with Crippen LogP contribution < -0.4 is 10.2 Å². The van der Waals surface area contributed by atoms with Crippen LogP contribution in [0.15, 0.2) is 66.2 Å². The van der Waals surface area contributed by atoms with Crippen LogP contribution in [0.2, 0.25) is 0 Å². The molecule has 1 atom stereocenters. The number of thioether (sulfide) groups is 1. The lowest BCUT2D eigenvalue weighted by Crippen LogP contribution is -2.50. The lowest BCUT2D eigenvalue weighted by atomic mass is 9.97. The number of rotatable bonds is 9. The number of pyridine rings is 1. The summed E-state index contributed by atoms with van der Waals surface area (Å²) in [5, 5.41) is 3.13. The molecule has 0 saturated carbocycles. The van der Waals surface area contributed by atoms with Gasteiger partial charge in [0, 0.05) is 56.1 Å². The minimum absolute atomic E-state index is 0.0753. The second kappa shape index (κ2) is 12.2. The Morgan fingerprint density at radius 1 is 1.09 bits per heavy atom. The second-order valence-corrected chi connectivity index (χ2v) is 9.92. The molecule has 2 saturated heterocycles. The molecule has 0 bridgehead atoms. The van der Waals surface area contributed by atoms with Crippen molar-refractivity contribution in [2.24, 2.45) is 5.92 Å². The molecule has 6 nitrogen and oxygen atoms in total. The van der Waals surface area contributed by atoms with Crippen LogP contribution in [0.3, 0.4) is 0 Å². The number of aromatic nitrogens is 1. The van der Waals surface area contributed by atoms with E-state index in [0.717, 1.165) is 74.4 Å². The fourth-order valence-corrected chi connectivity index (χ4v) is 5.49. The number of hydrogen-bond acceptors (Lipinski definition) is 6. The number of nitrogens with one attached hydrogen (secondary N) is 1. The summed E-state index contributed by atoms with van der Waals surface area (Å²) in [5.74, 6) is 2.61. The first-order valence-electron chi connectivity index (χ1n) is 11.9. The molecule has 176 valence electrons. The average Bonchev–Trinajstić information content (AvgIpc) is 2.85. The third-order valence-electron chi connectivity index (χ3n) is 6.35. The molecule has 2 aliphatic rings. The van der Waals surface area contributed by atoms with Crippen molar-refractivity contribution in [3.63, 3.8) is 0 Å². The summed E-state index contributed by atoms with van der Waals surface area (Å²) in [5.41, 5.74) is 0.897. The van der Waals surface area contributed by atoms with E-state index in [4.69, 9.17) is 0 Å². The maximum absolute atomic E-state index is 12.8. The van der Waals surface area contributed by atoms with Crippen molar-refractivity contribution in [3.8, 4) is 0 Å². The van der Waals surface area contributed by atoms with Crippen LogP contribution >= 0.6 is 11.8 Å². The number of para-hydroxylation sites is 1. The summed E-state index contributed by atoms with van der Waals surface area (Å²) in [6.45, 7) is 11.6. The van der Waals surface area contributed by atoms with Crippen LogP contribution in [0.4, 0.5) is 11.5 Å². The third-order valence-corrected chi connectivity index (χ3v) is 7.42. The molecule has 1 amide bonds. The van der Waals surface area contributed by atoms with Gasteiger partial charge >= 0.3 is 0 Å². The summed E-state index contributed by atoms with van der Waals surface area (Å²) < 4.78 is 0. The zero-order chi connectivity index (χ0) is 22.9. The van der Waals surface area contributed by atoms with Crippen molar-refractivity contribution in [1.29, 1.82) is 0 Å². The van der Waals surface area contributed by atoms with Crippen LogP contribution in [0.5, 0.6) is 0 Å². The normalized spacial score (nSPS) is 19.9. The Bertz CT molecular complexity index is 901.